The van der Waals surface area contributed by atoms with Crippen molar-refractivity contribution in [3.05, 3.63) is 24.2 Å². The molecule has 1 aromatic rings. The smallest absolute Gasteiger partial charge is 0.0951 e. The lowest BCUT2D eigenvalue weighted by atomic mass is 10.0. The van der Waals surface area contributed by atoms with Crippen LogP contribution in [0, 0.1) is 5.92 Å². The Kier molecular flexibility index (Phi) is 2.89. The highest BCUT2D eigenvalue weighted by molar-refractivity contribution is 5.14. The zero-order chi connectivity index (χ0) is 9.97. The number of hydrogen-bond donors (Lipinski definition) is 1. The molecule has 0 amide bonds. The Morgan fingerprint density at radius 1 is 1.57 bits per heavy atom. The van der Waals surface area contributed by atoms with Gasteiger partial charge in [0.05, 0.1) is 24.7 Å². The lowest BCUT2D eigenvalue weighted by Crippen LogP contribution is -2.32. The van der Waals surface area contributed by atoms with Crippen LogP contribution in [0.5, 0.6) is 0 Å². The van der Waals surface area contributed by atoms with Gasteiger partial charge in [0.1, 0.15) is 0 Å². The van der Waals surface area contributed by atoms with E-state index in [9.17, 15) is 0 Å². The molecule has 1 aromatic heterocycles. The predicted octanol–water partition coefficient (Wildman–Crippen LogP) is 1.97. The third kappa shape index (κ3) is 1.83. The second-order valence-electron chi connectivity index (χ2n) is 3.86. The maximum Gasteiger partial charge on any atom is 0.0951 e. The third-order valence-corrected chi connectivity index (χ3v) is 2.90. The summed E-state index contributed by atoms with van der Waals surface area (Å²) in [4.78, 5) is 0. The molecule has 0 spiro atoms. The summed E-state index contributed by atoms with van der Waals surface area (Å²) < 4.78 is 10.6. The first kappa shape index (κ1) is 9.74. The summed E-state index contributed by atoms with van der Waals surface area (Å²) in [6.45, 7) is 0. The lowest BCUT2D eigenvalue weighted by Gasteiger charge is -2.24. The number of rotatable bonds is 5. The maximum atomic E-state index is 5.55. The summed E-state index contributed by atoms with van der Waals surface area (Å²) >= 11 is 0. The van der Waals surface area contributed by atoms with Crippen molar-refractivity contribution in [2.45, 2.75) is 25.0 Å². The first-order valence-corrected chi connectivity index (χ1v) is 5.09. The number of nitrogens with one attached hydrogen (secondary N) is 1. The molecule has 1 N–H and O–H groups in total. The van der Waals surface area contributed by atoms with Gasteiger partial charge in [0.2, 0.25) is 0 Å². The maximum absolute atomic E-state index is 5.55. The molecule has 2 atom stereocenters. The van der Waals surface area contributed by atoms with Crippen LogP contribution < -0.4 is 5.32 Å². The molecule has 1 heterocycles. The molecule has 0 radical (unpaired) electrons. The first-order valence-electron chi connectivity index (χ1n) is 5.09. The van der Waals surface area contributed by atoms with Gasteiger partial charge in [0, 0.05) is 12.7 Å². The molecule has 0 aromatic carbocycles. The van der Waals surface area contributed by atoms with Gasteiger partial charge in [-0.1, -0.05) is 0 Å². The fourth-order valence-corrected chi connectivity index (χ4v) is 2.00. The van der Waals surface area contributed by atoms with Gasteiger partial charge >= 0.3 is 0 Å². The Bertz CT molecular complexity index is 267. The number of likely N-dealkylation sites (N-methyl/N-ethyl adjacent to an activating group) is 1. The number of furan rings is 1. The van der Waals surface area contributed by atoms with Crippen molar-refractivity contribution in [3.8, 4) is 0 Å². The van der Waals surface area contributed by atoms with Crippen molar-refractivity contribution in [3.63, 3.8) is 0 Å². The highest BCUT2D eigenvalue weighted by Crippen LogP contribution is 2.39. The first-order chi connectivity index (χ1) is 6.86. The Morgan fingerprint density at radius 2 is 2.36 bits per heavy atom. The molecule has 0 saturated heterocycles. The van der Waals surface area contributed by atoms with E-state index in [1.807, 2.05) is 13.1 Å². The van der Waals surface area contributed by atoms with Crippen LogP contribution in [0.4, 0.5) is 0 Å². The fraction of sp³-hybridized carbons (Fsp3) is 0.636. The summed E-state index contributed by atoms with van der Waals surface area (Å²) in [5.74, 6) is 0.715. The van der Waals surface area contributed by atoms with Crippen molar-refractivity contribution in [2.24, 2.45) is 5.92 Å². The normalized spacial score (nSPS) is 20.7. The largest absolute Gasteiger partial charge is 0.472 e. The molecular formula is C11H17NO2. The molecule has 1 aliphatic carbocycles. The van der Waals surface area contributed by atoms with Gasteiger partial charge in [0.25, 0.3) is 0 Å². The van der Waals surface area contributed by atoms with Crippen LogP contribution in [0.3, 0.4) is 0 Å². The molecule has 3 nitrogen and oxygen atoms in total. The van der Waals surface area contributed by atoms with Gasteiger partial charge in [0.15, 0.2) is 0 Å². The molecule has 78 valence electrons. The van der Waals surface area contributed by atoms with Crippen LogP contribution in [0.1, 0.15) is 24.4 Å². The van der Waals surface area contributed by atoms with E-state index < -0.39 is 0 Å². The molecule has 1 aliphatic rings. The second-order valence-corrected chi connectivity index (χ2v) is 3.86. The number of hydrogen-bond acceptors (Lipinski definition) is 3. The number of methoxy groups -OCH3 is 1. The van der Waals surface area contributed by atoms with Gasteiger partial charge in [-0.15, -0.1) is 0 Å². The molecule has 14 heavy (non-hydrogen) atoms. The third-order valence-electron chi connectivity index (χ3n) is 2.90. The van der Waals surface area contributed by atoms with E-state index in [0.29, 0.717) is 5.92 Å². The Hall–Kier alpha value is -0.800. The number of ether oxygens (including phenoxy) is 1. The van der Waals surface area contributed by atoms with Gasteiger partial charge in [-0.05, 0) is 31.9 Å². The Balaban J connectivity index is 2.10. The molecule has 3 heteroatoms. The predicted molar refractivity (Wildman–Crippen MR) is 54.0 cm³/mol. The lowest BCUT2D eigenvalue weighted by molar-refractivity contribution is 0.0529. The molecule has 1 saturated carbocycles. The minimum atomic E-state index is 0.256. The highest BCUT2D eigenvalue weighted by Gasteiger charge is 2.37. The fourth-order valence-electron chi connectivity index (χ4n) is 2.00. The van der Waals surface area contributed by atoms with E-state index in [-0.39, 0.29) is 12.1 Å². The van der Waals surface area contributed by atoms with Crippen molar-refractivity contribution < 1.29 is 9.15 Å². The van der Waals surface area contributed by atoms with Crippen LogP contribution in [-0.4, -0.2) is 20.3 Å². The Labute approximate surface area is 84.4 Å². The van der Waals surface area contributed by atoms with Crippen molar-refractivity contribution in [1.82, 2.24) is 5.32 Å². The van der Waals surface area contributed by atoms with Crippen molar-refractivity contribution >= 4 is 0 Å². The van der Waals surface area contributed by atoms with Crippen LogP contribution in [0.25, 0.3) is 0 Å². The van der Waals surface area contributed by atoms with E-state index in [1.165, 1.54) is 18.4 Å². The molecule has 0 bridgehead atoms. The minimum Gasteiger partial charge on any atom is -0.472 e. The van der Waals surface area contributed by atoms with Crippen molar-refractivity contribution in [2.75, 3.05) is 14.2 Å². The second kappa shape index (κ2) is 4.15. The summed E-state index contributed by atoms with van der Waals surface area (Å²) in [6, 6.07) is 2.25. The van der Waals surface area contributed by atoms with E-state index in [0.717, 1.165) is 0 Å². The van der Waals surface area contributed by atoms with Gasteiger partial charge in [-0.2, -0.15) is 0 Å². The average Bonchev–Trinajstić information content (AvgIpc) is 2.90. The van der Waals surface area contributed by atoms with Crippen LogP contribution >= 0.6 is 0 Å². The SMILES string of the molecule is CNC(c1ccoc1)C(OC)C1CC1. The van der Waals surface area contributed by atoms with Gasteiger partial charge in [-0.25, -0.2) is 0 Å². The minimum absolute atomic E-state index is 0.256. The zero-order valence-electron chi connectivity index (χ0n) is 8.69. The Morgan fingerprint density at radius 3 is 2.79 bits per heavy atom. The van der Waals surface area contributed by atoms with Crippen molar-refractivity contribution in [1.29, 1.82) is 0 Å². The van der Waals surface area contributed by atoms with Crippen LogP contribution in [0.2, 0.25) is 0 Å². The molecule has 1 fully saturated rings. The highest BCUT2D eigenvalue weighted by atomic mass is 16.5. The average molecular weight is 195 g/mol. The molecule has 0 aliphatic heterocycles. The summed E-state index contributed by atoms with van der Waals surface area (Å²) in [7, 11) is 3.75. The standard InChI is InChI=1S/C11H17NO2/c1-12-10(9-5-6-14-7-9)11(13-2)8-3-4-8/h5-8,10-12H,3-4H2,1-2H3. The van der Waals surface area contributed by atoms with E-state index in [1.54, 1.807) is 19.6 Å². The zero-order valence-corrected chi connectivity index (χ0v) is 8.69. The van der Waals surface area contributed by atoms with E-state index >= 15 is 0 Å². The van der Waals surface area contributed by atoms with Crippen LogP contribution in [-0.2, 0) is 4.74 Å². The van der Waals surface area contributed by atoms with E-state index in [2.05, 4.69) is 5.32 Å². The molecule has 2 unspecified atom stereocenters. The monoisotopic (exact) mass is 195 g/mol. The quantitative estimate of drug-likeness (QED) is 0.780. The van der Waals surface area contributed by atoms with Gasteiger partial charge < -0.3 is 14.5 Å². The van der Waals surface area contributed by atoms with E-state index in [4.69, 9.17) is 9.15 Å². The molecular weight excluding hydrogens is 178 g/mol. The molecule has 2 rings (SSSR count). The summed E-state index contributed by atoms with van der Waals surface area (Å²) in [6.07, 6.45) is 6.34. The summed E-state index contributed by atoms with van der Waals surface area (Å²) in [5.41, 5.74) is 1.17. The van der Waals surface area contributed by atoms with Crippen LogP contribution in [0.15, 0.2) is 23.0 Å². The van der Waals surface area contributed by atoms with Gasteiger partial charge in [-0.3, -0.25) is 0 Å². The topological polar surface area (TPSA) is 34.4 Å². The summed E-state index contributed by atoms with van der Waals surface area (Å²) in [5, 5.41) is 3.29.